The second kappa shape index (κ2) is 10.4. The lowest BCUT2D eigenvalue weighted by Gasteiger charge is -2.33. The Kier molecular flexibility index (Phi) is 8.51. The van der Waals surface area contributed by atoms with E-state index in [1.165, 1.54) is 50.6 Å². The summed E-state index contributed by atoms with van der Waals surface area (Å²) in [4.78, 5) is 6.99. The molecule has 0 bridgehead atoms. The van der Waals surface area contributed by atoms with Gasteiger partial charge in [-0.05, 0) is 48.8 Å². The van der Waals surface area contributed by atoms with Gasteiger partial charge >= 0.3 is 0 Å². The van der Waals surface area contributed by atoms with Gasteiger partial charge in [0, 0.05) is 26.7 Å². The zero-order valence-electron chi connectivity index (χ0n) is 16.9. The molecule has 0 aromatic heterocycles. The molecule has 27 heavy (non-hydrogen) atoms. The van der Waals surface area contributed by atoms with Gasteiger partial charge in [0.1, 0.15) is 0 Å². The van der Waals surface area contributed by atoms with E-state index in [0.29, 0.717) is 5.41 Å². The Morgan fingerprint density at radius 1 is 1.11 bits per heavy atom. The minimum atomic E-state index is 0. The average Bonchev–Trinajstić information content (AvgIpc) is 3.08. The van der Waals surface area contributed by atoms with E-state index in [4.69, 9.17) is 9.47 Å². The molecular weight excluding hydrogens is 453 g/mol. The Morgan fingerprint density at radius 2 is 1.85 bits per heavy atom. The summed E-state index contributed by atoms with van der Waals surface area (Å²) in [6.07, 6.45) is 9.26. The maximum absolute atomic E-state index is 5.39. The molecule has 1 N–H and O–H groups in total. The topological polar surface area (TPSA) is 46.1 Å². The molecular formula is C21H34IN3O2. The molecule has 0 radical (unpaired) electrons. The molecule has 1 saturated carbocycles. The van der Waals surface area contributed by atoms with Gasteiger partial charge in [-0.2, -0.15) is 0 Å². The van der Waals surface area contributed by atoms with Crippen molar-refractivity contribution in [3.63, 3.8) is 0 Å². The van der Waals surface area contributed by atoms with Crippen LogP contribution in [0.2, 0.25) is 0 Å². The van der Waals surface area contributed by atoms with Crippen LogP contribution in [0.15, 0.2) is 23.2 Å². The largest absolute Gasteiger partial charge is 0.493 e. The minimum Gasteiger partial charge on any atom is -0.493 e. The number of guanidine groups is 1. The fourth-order valence-electron chi connectivity index (χ4n) is 4.51. The number of methoxy groups -OCH3 is 2. The summed E-state index contributed by atoms with van der Waals surface area (Å²) in [5.41, 5.74) is 1.79. The van der Waals surface area contributed by atoms with Crippen molar-refractivity contribution in [2.45, 2.75) is 44.9 Å². The van der Waals surface area contributed by atoms with Gasteiger partial charge in [0.25, 0.3) is 0 Å². The first-order chi connectivity index (χ1) is 12.7. The number of ether oxygens (including phenoxy) is 2. The molecule has 0 atom stereocenters. The molecule has 1 spiro atoms. The van der Waals surface area contributed by atoms with E-state index < -0.39 is 0 Å². The van der Waals surface area contributed by atoms with Crippen molar-refractivity contribution in [3.8, 4) is 11.5 Å². The molecule has 1 aliphatic carbocycles. The first-order valence-corrected chi connectivity index (χ1v) is 9.86. The predicted octanol–water partition coefficient (Wildman–Crippen LogP) is 4.10. The molecule has 1 aliphatic heterocycles. The summed E-state index contributed by atoms with van der Waals surface area (Å²) in [6, 6.07) is 6.12. The van der Waals surface area contributed by atoms with Crippen LogP contribution in [-0.4, -0.2) is 51.8 Å². The number of likely N-dealkylation sites (tertiary alicyclic amines) is 1. The summed E-state index contributed by atoms with van der Waals surface area (Å²) < 4.78 is 10.7. The van der Waals surface area contributed by atoms with E-state index in [9.17, 15) is 0 Å². The summed E-state index contributed by atoms with van der Waals surface area (Å²) in [7, 11) is 5.24. The number of hydrogen-bond donors (Lipinski definition) is 1. The maximum Gasteiger partial charge on any atom is 0.193 e. The highest BCUT2D eigenvalue weighted by Crippen LogP contribution is 2.43. The van der Waals surface area contributed by atoms with E-state index in [-0.39, 0.29) is 24.0 Å². The van der Waals surface area contributed by atoms with Crippen molar-refractivity contribution in [1.82, 2.24) is 10.2 Å². The molecule has 2 fully saturated rings. The second-order valence-electron chi connectivity index (χ2n) is 7.65. The van der Waals surface area contributed by atoms with Crippen molar-refractivity contribution in [3.05, 3.63) is 23.8 Å². The Labute approximate surface area is 180 Å². The predicted molar refractivity (Wildman–Crippen MR) is 122 cm³/mol. The monoisotopic (exact) mass is 487 g/mol. The fraction of sp³-hybridized carbons (Fsp3) is 0.667. The van der Waals surface area contributed by atoms with Crippen LogP contribution in [-0.2, 0) is 6.42 Å². The highest BCUT2D eigenvalue weighted by Gasteiger charge is 2.39. The third kappa shape index (κ3) is 5.42. The van der Waals surface area contributed by atoms with Gasteiger partial charge in [0.15, 0.2) is 17.5 Å². The molecule has 1 saturated heterocycles. The third-order valence-corrected chi connectivity index (χ3v) is 6.01. The Bertz CT molecular complexity index is 630. The summed E-state index contributed by atoms with van der Waals surface area (Å²) >= 11 is 0. The van der Waals surface area contributed by atoms with E-state index >= 15 is 0 Å². The fourth-order valence-corrected chi connectivity index (χ4v) is 4.51. The number of benzene rings is 1. The standard InChI is InChI=1S/C21H33N3O2.HI/c1-22-20(24-14-12-21(16-24)10-5-4-6-11-21)23-13-9-17-7-8-18(25-2)19(15-17)26-3;/h7-8,15H,4-6,9-14,16H2,1-3H3,(H,22,23);1H. The van der Waals surface area contributed by atoms with Crippen LogP contribution in [0.1, 0.15) is 44.1 Å². The van der Waals surface area contributed by atoms with Crippen LogP contribution >= 0.6 is 24.0 Å². The highest BCUT2D eigenvalue weighted by atomic mass is 127. The smallest absolute Gasteiger partial charge is 0.193 e. The zero-order chi connectivity index (χ0) is 18.4. The van der Waals surface area contributed by atoms with E-state index in [1.807, 2.05) is 13.1 Å². The minimum absolute atomic E-state index is 0. The van der Waals surface area contributed by atoms with Gasteiger partial charge in [-0.15, -0.1) is 24.0 Å². The quantitative estimate of drug-likeness (QED) is 0.386. The van der Waals surface area contributed by atoms with Gasteiger partial charge in [0.2, 0.25) is 0 Å². The van der Waals surface area contributed by atoms with Gasteiger partial charge in [-0.25, -0.2) is 0 Å². The van der Waals surface area contributed by atoms with Crippen LogP contribution < -0.4 is 14.8 Å². The van der Waals surface area contributed by atoms with Crippen molar-refractivity contribution in [1.29, 1.82) is 0 Å². The molecule has 1 aromatic rings. The van der Waals surface area contributed by atoms with Crippen molar-refractivity contribution in [2.75, 3.05) is 40.9 Å². The van der Waals surface area contributed by atoms with Crippen LogP contribution in [0, 0.1) is 5.41 Å². The molecule has 152 valence electrons. The molecule has 5 nitrogen and oxygen atoms in total. The Morgan fingerprint density at radius 3 is 2.52 bits per heavy atom. The average molecular weight is 487 g/mol. The number of nitrogens with zero attached hydrogens (tertiary/aromatic N) is 2. The van der Waals surface area contributed by atoms with Crippen LogP contribution in [0.25, 0.3) is 0 Å². The molecule has 6 heteroatoms. The number of aliphatic imine (C=N–C) groups is 1. The molecule has 2 aliphatic rings. The van der Waals surface area contributed by atoms with E-state index in [2.05, 4.69) is 27.3 Å². The normalized spacial score (nSPS) is 18.9. The number of hydrogen-bond acceptors (Lipinski definition) is 3. The lowest BCUT2D eigenvalue weighted by molar-refractivity contribution is 0.203. The van der Waals surface area contributed by atoms with Crippen molar-refractivity contribution in [2.24, 2.45) is 10.4 Å². The number of rotatable bonds is 5. The van der Waals surface area contributed by atoms with Crippen LogP contribution in [0.4, 0.5) is 0 Å². The molecule has 3 rings (SSSR count). The van der Waals surface area contributed by atoms with Crippen LogP contribution in [0.5, 0.6) is 11.5 Å². The number of nitrogens with one attached hydrogen (secondary N) is 1. The lowest BCUT2D eigenvalue weighted by Crippen LogP contribution is -2.42. The Balaban J connectivity index is 0.00000261. The first-order valence-electron chi connectivity index (χ1n) is 9.86. The Hall–Kier alpha value is -1.18. The molecule has 0 unspecified atom stereocenters. The SMILES string of the molecule is CN=C(NCCc1ccc(OC)c(OC)c1)N1CCC2(CCCCC2)C1.I. The molecule has 0 amide bonds. The van der Waals surface area contributed by atoms with Gasteiger partial charge < -0.3 is 19.7 Å². The second-order valence-corrected chi connectivity index (χ2v) is 7.65. The van der Waals surface area contributed by atoms with Crippen molar-refractivity contribution < 1.29 is 9.47 Å². The number of halogens is 1. The first kappa shape index (κ1) is 22.1. The maximum atomic E-state index is 5.39. The molecule has 1 aromatic carbocycles. The van der Waals surface area contributed by atoms with Gasteiger partial charge in [-0.1, -0.05) is 25.3 Å². The zero-order valence-corrected chi connectivity index (χ0v) is 19.3. The highest BCUT2D eigenvalue weighted by molar-refractivity contribution is 14.0. The third-order valence-electron chi connectivity index (χ3n) is 6.01. The summed E-state index contributed by atoms with van der Waals surface area (Å²) in [5, 5.41) is 3.55. The van der Waals surface area contributed by atoms with E-state index in [0.717, 1.165) is 37.0 Å². The summed E-state index contributed by atoms with van der Waals surface area (Å²) in [6.45, 7) is 3.17. The van der Waals surface area contributed by atoms with Gasteiger partial charge in [0.05, 0.1) is 14.2 Å². The van der Waals surface area contributed by atoms with E-state index in [1.54, 1.807) is 14.2 Å². The molecule has 1 heterocycles. The summed E-state index contributed by atoms with van der Waals surface area (Å²) in [5.74, 6) is 2.61. The van der Waals surface area contributed by atoms with Gasteiger partial charge in [-0.3, -0.25) is 4.99 Å². The van der Waals surface area contributed by atoms with Crippen molar-refractivity contribution >= 4 is 29.9 Å². The lowest BCUT2D eigenvalue weighted by atomic mass is 9.73. The van der Waals surface area contributed by atoms with Crippen LogP contribution in [0.3, 0.4) is 0 Å².